The molecule has 1 N–H and O–H groups in total. The molecule has 2 rings (SSSR count). The first-order valence-electron chi connectivity index (χ1n) is 6.65. The molecule has 2 nitrogen and oxygen atoms in total. The van der Waals surface area contributed by atoms with Gasteiger partial charge in [-0.05, 0) is 31.0 Å². The van der Waals surface area contributed by atoms with Crippen molar-refractivity contribution in [3.63, 3.8) is 0 Å². The van der Waals surface area contributed by atoms with E-state index in [2.05, 4.69) is 12.2 Å². The van der Waals surface area contributed by atoms with Gasteiger partial charge in [0.25, 0.3) is 0 Å². The molecule has 0 radical (unpaired) electrons. The minimum atomic E-state index is -0.159. The van der Waals surface area contributed by atoms with Crippen molar-refractivity contribution in [1.29, 1.82) is 0 Å². The van der Waals surface area contributed by atoms with Crippen molar-refractivity contribution in [3.8, 4) is 0 Å². The summed E-state index contributed by atoms with van der Waals surface area (Å²) >= 11 is 6.13. The van der Waals surface area contributed by atoms with Crippen LogP contribution in [0.25, 0.3) is 0 Å². The summed E-state index contributed by atoms with van der Waals surface area (Å²) in [5, 5.41) is 4.02. The first-order chi connectivity index (χ1) is 8.68. The predicted octanol–water partition coefficient (Wildman–Crippen LogP) is 3.23. The summed E-state index contributed by atoms with van der Waals surface area (Å²) in [6, 6.07) is 7.63. The highest BCUT2D eigenvalue weighted by Gasteiger charge is 2.39. The molecule has 0 saturated carbocycles. The van der Waals surface area contributed by atoms with Crippen molar-refractivity contribution >= 4 is 17.4 Å². The minimum absolute atomic E-state index is 0.159. The molecule has 0 amide bonds. The van der Waals surface area contributed by atoms with E-state index in [0.717, 1.165) is 37.9 Å². The van der Waals surface area contributed by atoms with Gasteiger partial charge in [0.05, 0.1) is 0 Å². The molecule has 1 atom stereocenters. The zero-order chi connectivity index (χ0) is 13.0. The van der Waals surface area contributed by atoms with Crippen molar-refractivity contribution in [2.75, 3.05) is 13.1 Å². The minimum Gasteiger partial charge on any atom is -0.316 e. The summed E-state index contributed by atoms with van der Waals surface area (Å²) in [5.74, 6) is 0.336. The number of ketones is 1. The van der Waals surface area contributed by atoms with Crippen molar-refractivity contribution < 1.29 is 4.79 Å². The van der Waals surface area contributed by atoms with Gasteiger partial charge >= 0.3 is 0 Å². The molecule has 0 spiro atoms. The second kappa shape index (κ2) is 5.85. The van der Waals surface area contributed by atoms with E-state index in [1.54, 1.807) is 0 Å². The van der Waals surface area contributed by atoms with E-state index in [4.69, 9.17) is 11.6 Å². The van der Waals surface area contributed by atoms with Crippen LogP contribution in [-0.4, -0.2) is 18.9 Å². The Bertz CT molecular complexity index is 424. The summed E-state index contributed by atoms with van der Waals surface area (Å²) in [5.41, 5.74) is 0.792. The molecule has 0 aliphatic carbocycles. The van der Waals surface area contributed by atoms with Crippen LogP contribution in [0.3, 0.4) is 0 Å². The number of carbonyl (C=O) groups excluding carboxylic acids is 1. The Morgan fingerprint density at radius 3 is 2.83 bits per heavy atom. The van der Waals surface area contributed by atoms with Crippen LogP contribution in [0.15, 0.2) is 24.3 Å². The highest BCUT2D eigenvalue weighted by atomic mass is 35.5. The van der Waals surface area contributed by atoms with Crippen LogP contribution in [-0.2, 0) is 11.2 Å². The fraction of sp³-hybridized carbons (Fsp3) is 0.533. The number of hydrogen-bond donors (Lipinski definition) is 1. The van der Waals surface area contributed by atoms with Gasteiger partial charge in [0.1, 0.15) is 5.78 Å². The van der Waals surface area contributed by atoms with Crippen LogP contribution in [0.2, 0.25) is 5.02 Å². The molecule has 98 valence electrons. The van der Waals surface area contributed by atoms with Gasteiger partial charge in [-0.2, -0.15) is 0 Å². The number of Topliss-reactive ketones (excluding diaryl/α,β-unsaturated/α-hetero) is 1. The Morgan fingerprint density at radius 1 is 1.44 bits per heavy atom. The number of benzene rings is 1. The van der Waals surface area contributed by atoms with Crippen LogP contribution < -0.4 is 5.32 Å². The zero-order valence-electron chi connectivity index (χ0n) is 10.8. The van der Waals surface area contributed by atoms with E-state index in [-0.39, 0.29) is 5.41 Å². The molecule has 1 unspecified atom stereocenters. The van der Waals surface area contributed by atoms with Gasteiger partial charge in [0.2, 0.25) is 0 Å². The van der Waals surface area contributed by atoms with Crippen LogP contribution >= 0.6 is 11.6 Å². The lowest BCUT2D eigenvalue weighted by Crippen LogP contribution is -2.34. The van der Waals surface area contributed by atoms with E-state index in [9.17, 15) is 4.79 Å². The van der Waals surface area contributed by atoms with Gasteiger partial charge in [-0.3, -0.25) is 4.79 Å². The SMILES string of the molecule is CCCC1(C(=O)Cc2ccccc2Cl)CCNC1. The quantitative estimate of drug-likeness (QED) is 0.886. The molecule has 1 saturated heterocycles. The Kier molecular flexibility index (Phi) is 4.41. The number of nitrogens with one attached hydrogen (secondary N) is 1. The van der Waals surface area contributed by atoms with Gasteiger partial charge < -0.3 is 5.32 Å². The first-order valence-corrected chi connectivity index (χ1v) is 7.03. The zero-order valence-corrected chi connectivity index (χ0v) is 11.6. The van der Waals surface area contributed by atoms with Crippen molar-refractivity contribution in [1.82, 2.24) is 5.32 Å². The molecule has 18 heavy (non-hydrogen) atoms. The lowest BCUT2D eigenvalue weighted by atomic mass is 9.76. The van der Waals surface area contributed by atoms with Crippen LogP contribution in [0.4, 0.5) is 0 Å². The largest absolute Gasteiger partial charge is 0.316 e. The van der Waals surface area contributed by atoms with Crippen LogP contribution in [0, 0.1) is 5.41 Å². The highest BCUT2D eigenvalue weighted by molar-refractivity contribution is 6.31. The molecule has 1 aliphatic heterocycles. The topological polar surface area (TPSA) is 29.1 Å². The van der Waals surface area contributed by atoms with Gasteiger partial charge in [0.15, 0.2) is 0 Å². The van der Waals surface area contributed by atoms with Gasteiger partial charge in [0, 0.05) is 23.4 Å². The van der Waals surface area contributed by atoms with Crippen molar-refractivity contribution in [2.45, 2.75) is 32.6 Å². The third kappa shape index (κ3) is 2.76. The van der Waals surface area contributed by atoms with E-state index in [0.29, 0.717) is 17.2 Å². The average Bonchev–Trinajstić information content (AvgIpc) is 2.82. The van der Waals surface area contributed by atoms with Crippen molar-refractivity contribution in [3.05, 3.63) is 34.9 Å². The maximum Gasteiger partial charge on any atom is 0.144 e. The summed E-state index contributed by atoms with van der Waals surface area (Å²) in [6.07, 6.45) is 3.45. The molecule has 3 heteroatoms. The second-order valence-corrected chi connectivity index (χ2v) is 5.56. The van der Waals surface area contributed by atoms with Gasteiger partial charge in [-0.15, -0.1) is 0 Å². The molecule has 0 bridgehead atoms. The van der Waals surface area contributed by atoms with Crippen molar-refractivity contribution in [2.24, 2.45) is 5.41 Å². The Labute approximate surface area is 114 Å². The van der Waals surface area contributed by atoms with E-state index >= 15 is 0 Å². The maximum absolute atomic E-state index is 12.6. The summed E-state index contributed by atoms with van der Waals surface area (Å²) < 4.78 is 0. The molecule has 1 heterocycles. The molecular formula is C15H20ClNO. The monoisotopic (exact) mass is 265 g/mol. The number of carbonyl (C=O) groups is 1. The fourth-order valence-corrected chi connectivity index (χ4v) is 3.02. The summed E-state index contributed by atoms with van der Waals surface area (Å²) in [7, 11) is 0. The average molecular weight is 266 g/mol. The Hall–Kier alpha value is -0.860. The Balaban J connectivity index is 2.13. The smallest absolute Gasteiger partial charge is 0.144 e. The normalized spacial score (nSPS) is 23.2. The molecule has 1 aliphatic rings. The standard InChI is InChI=1S/C15H20ClNO/c1-2-7-15(8-9-17-11-15)14(18)10-12-5-3-4-6-13(12)16/h3-6,17H,2,7-11H2,1H3. The predicted molar refractivity (Wildman–Crippen MR) is 75.0 cm³/mol. The third-order valence-electron chi connectivity index (χ3n) is 3.87. The van der Waals surface area contributed by atoms with Gasteiger partial charge in [-0.1, -0.05) is 43.1 Å². The fourth-order valence-electron chi connectivity index (χ4n) is 2.82. The first kappa shape index (κ1) is 13.6. The summed E-state index contributed by atoms with van der Waals surface area (Å²) in [6.45, 7) is 3.92. The molecule has 1 fully saturated rings. The highest BCUT2D eigenvalue weighted by Crippen LogP contribution is 2.34. The number of hydrogen-bond acceptors (Lipinski definition) is 2. The lowest BCUT2D eigenvalue weighted by molar-refractivity contribution is -0.127. The Morgan fingerprint density at radius 2 is 2.22 bits per heavy atom. The lowest BCUT2D eigenvalue weighted by Gasteiger charge is -2.26. The van der Waals surface area contributed by atoms with Crippen LogP contribution in [0.1, 0.15) is 31.7 Å². The number of rotatable bonds is 5. The van der Waals surface area contributed by atoms with Crippen LogP contribution in [0.5, 0.6) is 0 Å². The maximum atomic E-state index is 12.6. The van der Waals surface area contributed by atoms with Gasteiger partial charge in [-0.25, -0.2) is 0 Å². The molecule has 0 aromatic heterocycles. The summed E-state index contributed by atoms with van der Waals surface area (Å²) in [4.78, 5) is 12.6. The van der Waals surface area contributed by atoms with E-state index < -0.39 is 0 Å². The molecule has 1 aromatic rings. The van der Waals surface area contributed by atoms with E-state index in [1.165, 1.54) is 0 Å². The molecule has 1 aromatic carbocycles. The number of halogens is 1. The van der Waals surface area contributed by atoms with E-state index in [1.807, 2.05) is 24.3 Å². The second-order valence-electron chi connectivity index (χ2n) is 5.15. The molecular weight excluding hydrogens is 246 g/mol. The third-order valence-corrected chi connectivity index (χ3v) is 4.24.